The van der Waals surface area contributed by atoms with Crippen LogP contribution in [0.25, 0.3) is 5.69 Å². The Balaban J connectivity index is 2.28. The summed E-state index contributed by atoms with van der Waals surface area (Å²) in [6.45, 7) is 9.41. The number of para-hydroxylation sites is 1. The van der Waals surface area contributed by atoms with Crippen molar-refractivity contribution >= 4 is 5.91 Å². The quantitative estimate of drug-likeness (QED) is 0.654. The fourth-order valence-corrected chi connectivity index (χ4v) is 1.97. The molecule has 0 aliphatic rings. The van der Waals surface area contributed by atoms with Crippen LogP contribution < -0.4 is 5.32 Å². The predicted molar refractivity (Wildman–Crippen MR) is 84.1 cm³/mol. The van der Waals surface area contributed by atoms with Crippen molar-refractivity contribution in [3.8, 4) is 5.69 Å². The maximum atomic E-state index is 11.6. The third kappa shape index (κ3) is 3.69. The van der Waals surface area contributed by atoms with Crippen LogP contribution in [0.1, 0.15) is 18.4 Å². The van der Waals surface area contributed by atoms with Crippen LogP contribution in [0, 0.1) is 0 Å². The fourth-order valence-electron chi connectivity index (χ4n) is 1.97. The third-order valence-corrected chi connectivity index (χ3v) is 3.01. The molecule has 0 spiro atoms. The molecule has 1 heterocycles. The van der Waals surface area contributed by atoms with Gasteiger partial charge in [-0.15, -0.1) is 6.58 Å². The van der Waals surface area contributed by atoms with E-state index >= 15 is 0 Å². The number of nitrogens with zero attached hydrogens (tertiary/aromatic N) is 2. The van der Waals surface area contributed by atoms with Crippen LogP contribution in [0.5, 0.6) is 0 Å². The summed E-state index contributed by atoms with van der Waals surface area (Å²) in [5, 5.41) is 2.82. The molecule has 1 N–H and O–H groups in total. The van der Waals surface area contributed by atoms with E-state index in [1.165, 1.54) is 0 Å². The summed E-state index contributed by atoms with van der Waals surface area (Å²) in [5.41, 5.74) is 2.42. The van der Waals surface area contributed by atoms with Crippen molar-refractivity contribution in [3.63, 3.8) is 0 Å². The van der Waals surface area contributed by atoms with Crippen molar-refractivity contribution in [1.82, 2.24) is 14.9 Å². The molecule has 108 valence electrons. The highest BCUT2D eigenvalue weighted by atomic mass is 16.1. The van der Waals surface area contributed by atoms with Gasteiger partial charge >= 0.3 is 0 Å². The molecule has 4 heteroatoms. The van der Waals surface area contributed by atoms with Crippen LogP contribution in [0.2, 0.25) is 0 Å². The Morgan fingerprint density at radius 3 is 2.71 bits per heavy atom. The first-order chi connectivity index (χ1) is 10.1. The summed E-state index contributed by atoms with van der Waals surface area (Å²) in [7, 11) is 0. The Morgan fingerprint density at radius 2 is 2.10 bits per heavy atom. The summed E-state index contributed by atoms with van der Waals surface area (Å²) in [5.74, 6) is 0.621. The lowest BCUT2D eigenvalue weighted by atomic mass is 10.3. The molecule has 0 unspecified atom stereocenters. The Morgan fingerprint density at radius 1 is 1.38 bits per heavy atom. The summed E-state index contributed by atoms with van der Waals surface area (Å²) >= 11 is 0. The minimum absolute atomic E-state index is 0.164. The number of benzene rings is 1. The topological polar surface area (TPSA) is 46.9 Å². The Bertz CT molecular complexity index is 656. The summed E-state index contributed by atoms with van der Waals surface area (Å²) in [6.07, 6.45) is 4.48. The second-order valence-corrected chi connectivity index (χ2v) is 4.81. The van der Waals surface area contributed by atoms with Crippen molar-refractivity contribution in [2.45, 2.75) is 19.9 Å². The molecule has 1 aromatic carbocycles. The van der Waals surface area contributed by atoms with Gasteiger partial charge in [0.25, 0.3) is 0 Å². The van der Waals surface area contributed by atoms with E-state index in [2.05, 4.69) is 23.5 Å². The Kier molecular flexibility index (Phi) is 4.72. The molecule has 0 aliphatic heterocycles. The van der Waals surface area contributed by atoms with Gasteiger partial charge in [-0.25, -0.2) is 4.98 Å². The minimum atomic E-state index is -0.164. The number of hydrogen-bond acceptors (Lipinski definition) is 2. The van der Waals surface area contributed by atoms with Crippen molar-refractivity contribution in [2.24, 2.45) is 0 Å². The van der Waals surface area contributed by atoms with Crippen LogP contribution in [0.3, 0.4) is 0 Å². The maximum Gasteiger partial charge on any atom is 0.246 e. The van der Waals surface area contributed by atoms with Gasteiger partial charge in [-0.1, -0.05) is 30.9 Å². The number of carbonyl (C=O) groups is 1. The molecule has 4 nitrogen and oxygen atoms in total. The zero-order chi connectivity index (χ0) is 15.2. The van der Waals surface area contributed by atoms with Crippen LogP contribution in [-0.4, -0.2) is 15.5 Å². The van der Waals surface area contributed by atoms with E-state index in [4.69, 9.17) is 0 Å². The molecular weight excluding hydrogens is 262 g/mol. The molecule has 0 bridgehead atoms. The molecule has 2 aromatic rings. The first-order valence-electron chi connectivity index (χ1n) is 6.79. The van der Waals surface area contributed by atoms with E-state index < -0.39 is 0 Å². The summed E-state index contributed by atoms with van der Waals surface area (Å²) in [4.78, 5) is 16.2. The van der Waals surface area contributed by atoms with Gasteiger partial charge in [0.05, 0.1) is 12.2 Å². The van der Waals surface area contributed by atoms with Gasteiger partial charge in [-0.3, -0.25) is 4.79 Å². The lowest BCUT2D eigenvalue weighted by Gasteiger charge is -2.08. The highest BCUT2D eigenvalue weighted by Gasteiger charge is 2.10. The van der Waals surface area contributed by atoms with E-state index in [0.29, 0.717) is 18.5 Å². The Hall–Kier alpha value is -2.62. The van der Waals surface area contributed by atoms with E-state index in [9.17, 15) is 4.79 Å². The lowest BCUT2D eigenvalue weighted by Crippen LogP contribution is -2.24. The highest BCUT2D eigenvalue weighted by molar-refractivity contribution is 5.91. The van der Waals surface area contributed by atoms with Gasteiger partial charge in [0.1, 0.15) is 5.82 Å². The lowest BCUT2D eigenvalue weighted by molar-refractivity contribution is -0.117. The van der Waals surface area contributed by atoms with Crippen molar-refractivity contribution in [3.05, 3.63) is 72.9 Å². The first kappa shape index (κ1) is 14.8. The van der Waals surface area contributed by atoms with E-state index in [0.717, 1.165) is 17.2 Å². The van der Waals surface area contributed by atoms with Gasteiger partial charge < -0.3 is 9.88 Å². The average molecular weight is 281 g/mol. The highest BCUT2D eigenvalue weighted by Crippen LogP contribution is 2.13. The molecule has 0 fully saturated rings. The zero-order valence-electron chi connectivity index (χ0n) is 12.2. The molecule has 1 amide bonds. The summed E-state index contributed by atoms with van der Waals surface area (Å²) in [6, 6.07) is 9.91. The SMILES string of the molecule is C=CCc1cn(-c2ccccc2)c(CNC(=O)C(=C)C)n1. The van der Waals surface area contributed by atoms with Gasteiger partial charge in [0.2, 0.25) is 5.91 Å². The molecule has 0 radical (unpaired) electrons. The third-order valence-electron chi connectivity index (χ3n) is 3.01. The van der Waals surface area contributed by atoms with E-state index in [1.54, 1.807) is 6.92 Å². The number of carbonyl (C=O) groups excluding carboxylic acids is 1. The molecule has 2 rings (SSSR count). The molecule has 21 heavy (non-hydrogen) atoms. The zero-order valence-corrected chi connectivity index (χ0v) is 12.2. The van der Waals surface area contributed by atoms with Gasteiger partial charge in [0, 0.05) is 23.9 Å². The van der Waals surface area contributed by atoms with Gasteiger partial charge in [0.15, 0.2) is 0 Å². The first-order valence-corrected chi connectivity index (χ1v) is 6.79. The van der Waals surface area contributed by atoms with Gasteiger partial charge in [-0.2, -0.15) is 0 Å². The smallest absolute Gasteiger partial charge is 0.246 e. The normalized spacial score (nSPS) is 10.1. The van der Waals surface area contributed by atoms with Crippen molar-refractivity contribution < 1.29 is 4.79 Å². The van der Waals surface area contributed by atoms with Crippen LogP contribution >= 0.6 is 0 Å². The largest absolute Gasteiger partial charge is 0.345 e. The summed E-state index contributed by atoms with van der Waals surface area (Å²) < 4.78 is 1.98. The Labute approximate surface area is 124 Å². The number of allylic oxidation sites excluding steroid dienone is 1. The van der Waals surface area contributed by atoms with Crippen LogP contribution in [0.4, 0.5) is 0 Å². The van der Waals surface area contributed by atoms with E-state index in [1.807, 2.05) is 47.2 Å². The second kappa shape index (κ2) is 6.70. The number of imidazole rings is 1. The van der Waals surface area contributed by atoms with Crippen LogP contribution in [0.15, 0.2) is 61.3 Å². The molecule has 0 saturated carbocycles. The number of nitrogens with one attached hydrogen (secondary N) is 1. The number of hydrogen-bond donors (Lipinski definition) is 1. The standard InChI is InChI=1S/C17H19N3O/c1-4-8-14-12-20(15-9-6-5-7-10-15)16(19-14)11-18-17(21)13(2)3/h4-7,9-10,12H,1-2,8,11H2,3H3,(H,18,21). The number of rotatable bonds is 6. The van der Waals surface area contributed by atoms with Crippen LogP contribution in [-0.2, 0) is 17.8 Å². The molecule has 0 atom stereocenters. The minimum Gasteiger partial charge on any atom is -0.345 e. The van der Waals surface area contributed by atoms with E-state index in [-0.39, 0.29) is 5.91 Å². The van der Waals surface area contributed by atoms with Gasteiger partial charge in [-0.05, 0) is 19.1 Å². The maximum absolute atomic E-state index is 11.6. The van der Waals surface area contributed by atoms with Crippen molar-refractivity contribution in [1.29, 1.82) is 0 Å². The second-order valence-electron chi connectivity index (χ2n) is 4.81. The fraction of sp³-hybridized carbons (Fsp3) is 0.176. The molecule has 1 aromatic heterocycles. The number of aromatic nitrogens is 2. The number of amides is 1. The molecule has 0 aliphatic carbocycles. The molecular formula is C17H19N3O. The van der Waals surface area contributed by atoms with Crippen molar-refractivity contribution in [2.75, 3.05) is 0 Å². The molecule has 0 saturated heterocycles. The monoisotopic (exact) mass is 281 g/mol. The average Bonchev–Trinajstić information content (AvgIpc) is 2.89. The predicted octanol–water partition coefficient (Wildman–Crippen LogP) is 2.79.